The van der Waals surface area contributed by atoms with Crippen molar-refractivity contribution in [2.75, 3.05) is 6.54 Å². The van der Waals surface area contributed by atoms with Crippen molar-refractivity contribution in [3.05, 3.63) is 10.6 Å². The molecule has 2 aliphatic rings. The van der Waals surface area contributed by atoms with Crippen LogP contribution >= 0.6 is 11.8 Å². The van der Waals surface area contributed by atoms with Crippen LogP contribution in [0.5, 0.6) is 0 Å². The Morgan fingerprint density at radius 3 is 2.82 bits per heavy atom. The molecule has 1 fully saturated rings. The first-order valence-electron chi connectivity index (χ1n) is 5.78. The molecule has 0 aromatic heterocycles. The van der Waals surface area contributed by atoms with E-state index in [1.54, 1.807) is 0 Å². The fourth-order valence-corrected chi connectivity index (χ4v) is 3.91. The lowest BCUT2D eigenvalue weighted by Crippen LogP contribution is -2.56. The zero-order chi connectivity index (χ0) is 12.6. The molecule has 6 heteroatoms. The number of hydrogen-bond donors (Lipinski definition) is 2. The van der Waals surface area contributed by atoms with Crippen molar-refractivity contribution in [3.8, 4) is 0 Å². The number of fused-ring (bicyclic) bond motifs is 1. The van der Waals surface area contributed by atoms with Crippen molar-refractivity contribution in [1.29, 1.82) is 0 Å². The number of thioether (sulfide) groups is 1. The summed E-state index contributed by atoms with van der Waals surface area (Å²) < 4.78 is 0. The highest BCUT2D eigenvalue weighted by atomic mass is 32.2. The van der Waals surface area contributed by atoms with Crippen LogP contribution < -0.4 is 5.73 Å². The number of β-lactam (4-membered cyclic amide) rings is 1. The number of allylic oxidation sites excluding steroid dienone is 1. The molecule has 2 heterocycles. The molecule has 0 spiro atoms. The van der Waals surface area contributed by atoms with E-state index in [-0.39, 0.29) is 22.9 Å². The largest absolute Gasteiger partial charge is 0.477 e. The fraction of sp³-hybridized carbons (Fsp3) is 0.636. The van der Waals surface area contributed by atoms with Crippen molar-refractivity contribution in [2.24, 2.45) is 11.7 Å². The summed E-state index contributed by atoms with van der Waals surface area (Å²) in [4.78, 5) is 25.2. The van der Waals surface area contributed by atoms with Gasteiger partial charge in [0.1, 0.15) is 5.70 Å². The van der Waals surface area contributed by atoms with Crippen LogP contribution in [-0.2, 0) is 9.59 Å². The van der Waals surface area contributed by atoms with Crippen molar-refractivity contribution in [2.45, 2.75) is 31.6 Å². The molecule has 0 aromatic rings. The summed E-state index contributed by atoms with van der Waals surface area (Å²) >= 11 is 1.52. The van der Waals surface area contributed by atoms with E-state index in [4.69, 9.17) is 5.73 Å². The molecule has 2 atom stereocenters. The molecule has 1 amide bonds. The van der Waals surface area contributed by atoms with E-state index in [9.17, 15) is 14.7 Å². The molecule has 0 aliphatic carbocycles. The Morgan fingerprint density at radius 1 is 1.59 bits per heavy atom. The molecule has 1 unspecified atom stereocenters. The Balaban J connectivity index is 2.20. The molecule has 1 saturated heterocycles. The normalized spacial score (nSPS) is 27.2. The second-order valence-electron chi connectivity index (χ2n) is 4.20. The maximum absolute atomic E-state index is 11.8. The summed E-state index contributed by atoms with van der Waals surface area (Å²) in [7, 11) is 0. The van der Waals surface area contributed by atoms with Crippen LogP contribution in [0.15, 0.2) is 10.6 Å². The number of amides is 1. The average Bonchev–Trinajstić information content (AvgIpc) is 2.62. The number of aliphatic carboxylic acids is 1. The quantitative estimate of drug-likeness (QED) is 0.716. The van der Waals surface area contributed by atoms with Crippen LogP contribution in [0, 0.1) is 5.92 Å². The summed E-state index contributed by atoms with van der Waals surface area (Å²) in [5, 5.41) is 9.19. The highest BCUT2D eigenvalue weighted by Crippen LogP contribution is 2.51. The first kappa shape index (κ1) is 12.4. The van der Waals surface area contributed by atoms with Gasteiger partial charge in [-0.05, 0) is 25.8 Å². The highest BCUT2D eigenvalue weighted by molar-refractivity contribution is 8.04. The second-order valence-corrected chi connectivity index (χ2v) is 5.41. The van der Waals surface area contributed by atoms with Gasteiger partial charge in [0.2, 0.25) is 5.91 Å². The maximum atomic E-state index is 11.8. The van der Waals surface area contributed by atoms with Crippen molar-refractivity contribution >= 4 is 23.6 Å². The lowest BCUT2D eigenvalue weighted by atomic mass is 9.94. The van der Waals surface area contributed by atoms with E-state index in [2.05, 4.69) is 0 Å². The smallest absolute Gasteiger partial charge is 0.353 e. The molecule has 3 N–H and O–H groups in total. The Bertz CT molecular complexity index is 394. The van der Waals surface area contributed by atoms with E-state index in [1.807, 2.05) is 6.92 Å². The van der Waals surface area contributed by atoms with Gasteiger partial charge in [-0.15, -0.1) is 11.8 Å². The number of hydrogen-bond acceptors (Lipinski definition) is 4. The van der Waals surface area contributed by atoms with Crippen LogP contribution in [0.2, 0.25) is 0 Å². The minimum absolute atomic E-state index is 0.00590. The summed E-state index contributed by atoms with van der Waals surface area (Å²) in [6.07, 6.45) is 2.17. The van der Waals surface area contributed by atoms with Crippen molar-refractivity contribution < 1.29 is 14.7 Å². The average molecular weight is 256 g/mol. The zero-order valence-electron chi connectivity index (χ0n) is 9.68. The third kappa shape index (κ3) is 1.85. The number of nitrogens with two attached hydrogens (primary N) is 1. The number of nitrogens with zero attached hydrogens (tertiary/aromatic N) is 1. The van der Waals surface area contributed by atoms with Crippen LogP contribution in [0.25, 0.3) is 0 Å². The van der Waals surface area contributed by atoms with Gasteiger partial charge in [0, 0.05) is 4.91 Å². The molecule has 2 rings (SSSR count). The van der Waals surface area contributed by atoms with Gasteiger partial charge in [0.05, 0.1) is 11.3 Å². The van der Waals surface area contributed by atoms with E-state index < -0.39 is 5.97 Å². The first-order chi connectivity index (χ1) is 8.11. The van der Waals surface area contributed by atoms with Crippen molar-refractivity contribution in [1.82, 2.24) is 4.90 Å². The topological polar surface area (TPSA) is 83.6 Å². The van der Waals surface area contributed by atoms with Gasteiger partial charge in [0.25, 0.3) is 0 Å². The third-order valence-electron chi connectivity index (χ3n) is 3.17. The highest BCUT2D eigenvalue weighted by Gasteiger charge is 2.54. The van der Waals surface area contributed by atoms with Crippen LogP contribution in [0.3, 0.4) is 0 Å². The van der Waals surface area contributed by atoms with E-state index in [0.29, 0.717) is 13.0 Å². The summed E-state index contributed by atoms with van der Waals surface area (Å²) in [5.74, 6) is -1.08. The molecule has 0 radical (unpaired) electrons. The van der Waals surface area contributed by atoms with E-state index >= 15 is 0 Å². The van der Waals surface area contributed by atoms with Gasteiger partial charge in [0.15, 0.2) is 0 Å². The Hall–Kier alpha value is -1.01. The van der Waals surface area contributed by atoms with Crippen molar-refractivity contribution in [3.63, 3.8) is 0 Å². The minimum atomic E-state index is -1.00. The standard InChI is InChI=1S/C11H16N2O3S/c1-2-6-9(14)13-8(11(15)16)7(4-3-5-12)17-10(6)13/h6,10H,2-5,12H2,1H3,(H,15,16)/t6?,10-/m1/s1. The molecular weight excluding hydrogens is 240 g/mol. The van der Waals surface area contributed by atoms with E-state index in [1.165, 1.54) is 16.7 Å². The van der Waals surface area contributed by atoms with Crippen LogP contribution in [0.4, 0.5) is 0 Å². The first-order valence-corrected chi connectivity index (χ1v) is 6.66. The zero-order valence-corrected chi connectivity index (χ0v) is 10.5. The van der Waals surface area contributed by atoms with Crippen LogP contribution in [0.1, 0.15) is 26.2 Å². The molecule has 5 nitrogen and oxygen atoms in total. The number of carboxylic acid groups (broad SMARTS) is 1. The van der Waals surface area contributed by atoms with Gasteiger partial charge in [-0.1, -0.05) is 6.92 Å². The SMILES string of the molecule is CCC1C(=O)N2C(C(=O)O)=C(CCCN)S[C@H]12. The summed E-state index contributed by atoms with van der Waals surface area (Å²) in [6, 6.07) is 0. The van der Waals surface area contributed by atoms with Gasteiger partial charge in [-0.25, -0.2) is 4.79 Å². The molecule has 2 aliphatic heterocycles. The fourth-order valence-electron chi connectivity index (χ4n) is 2.27. The molecule has 17 heavy (non-hydrogen) atoms. The second kappa shape index (κ2) is 4.70. The summed E-state index contributed by atoms with van der Waals surface area (Å²) in [5.41, 5.74) is 5.62. The lowest BCUT2D eigenvalue weighted by Gasteiger charge is -2.41. The molecular formula is C11H16N2O3S. The maximum Gasteiger partial charge on any atom is 0.353 e. The minimum Gasteiger partial charge on any atom is -0.477 e. The van der Waals surface area contributed by atoms with Gasteiger partial charge in [-0.2, -0.15) is 0 Å². The Morgan fingerprint density at radius 2 is 2.29 bits per heavy atom. The Labute approximate surface area is 104 Å². The number of carbonyl (C=O) groups excluding carboxylic acids is 1. The third-order valence-corrected chi connectivity index (χ3v) is 4.63. The number of carbonyl (C=O) groups is 2. The Kier molecular flexibility index (Phi) is 3.44. The predicted octanol–water partition coefficient (Wildman–Crippen LogP) is 0.963. The molecule has 0 aromatic carbocycles. The molecule has 94 valence electrons. The lowest BCUT2D eigenvalue weighted by molar-refractivity contribution is -0.151. The number of rotatable bonds is 5. The molecule has 0 bridgehead atoms. The predicted molar refractivity (Wildman–Crippen MR) is 65.0 cm³/mol. The van der Waals surface area contributed by atoms with Crippen LogP contribution in [-0.4, -0.2) is 33.8 Å². The monoisotopic (exact) mass is 256 g/mol. The summed E-state index contributed by atoms with van der Waals surface area (Å²) in [6.45, 7) is 2.49. The number of carboxylic acids is 1. The van der Waals surface area contributed by atoms with E-state index in [0.717, 1.165) is 17.7 Å². The van der Waals surface area contributed by atoms with Gasteiger partial charge < -0.3 is 10.8 Å². The molecule has 0 saturated carbocycles. The van der Waals surface area contributed by atoms with Gasteiger partial charge >= 0.3 is 5.97 Å². The van der Waals surface area contributed by atoms with Gasteiger partial charge in [-0.3, -0.25) is 9.69 Å².